The van der Waals surface area contributed by atoms with Gasteiger partial charge in [-0.3, -0.25) is 9.78 Å². The largest absolute Gasteiger partial charge is 0.465 e. The zero-order valence-electron chi connectivity index (χ0n) is 14.5. The van der Waals surface area contributed by atoms with E-state index < -0.39 is 5.41 Å². The van der Waals surface area contributed by atoms with Crippen molar-refractivity contribution in [3.63, 3.8) is 0 Å². The third-order valence-electron chi connectivity index (χ3n) is 5.02. The topological polar surface area (TPSA) is 39.2 Å². The Morgan fingerprint density at radius 3 is 2.54 bits per heavy atom. The number of hydrogen-bond donors (Lipinski definition) is 0. The molecule has 1 aromatic carbocycles. The van der Waals surface area contributed by atoms with Gasteiger partial charge < -0.3 is 4.74 Å². The summed E-state index contributed by atoms with van der Waals surface area (Å²) in [4.78, 5) is 16.9. The zero-order chi connectivity index (χ0) is 17.0. The molecule has 0 N–H and O–H groups in total. The van der Waals surface area contributed by atoms with E-state index in [9.17, 15) is 4.79 Å². The van der Waals surface area contributed by atoms with Gasteiger partial charge in [-0.25, -0.2) is 0 Å². The van der Waals surface area contributed by atoms with E-state index in [4.69, 9.17) is 4.74 Å². The Labute approximate surface area is 144 Å². The third kappa shape index (κ3) is 3.35. The molecule has 0 aliphatic heterocycles. The lowest BCUT2D eigenvalue weighted by atomic mass is 9.75. The summed E-state index contributed by atoms with van der Waals surface area (Å²) in [5, 5.41) is 0. The minimum absolute atomic E-state index is 0.155. The predicted octanol–water partition coefficient (Wildman–Crippen LogP) is 4.02. The molecule has 1 aliphatic carbocycles. The first kappa shape index (κ1) is 16.7. The quantitative estimate of drug-likeness (QED) is 0.780. The molecule has 126 valence electrons. The van der Waals surface area contributed by atoms with Gasteiger partial charge in [0.25, 0.3) is 0 Å². The third-order valence-corrected chi connectivity index (χ3v) is 5.02. The first-order valence-corrected chi connectivity index (χ1v) is 8.82. The highest BCUT2D eigenvalue weighted by Crippen LogP contribution is 2.33. The van der Waals surface area contributed by atoms with E-state index in [0.29, 0.717) is 13.0 Å². The van der Waals surface area contributed by atoms with Crippen molar-refractivity contribution in [3.8, 4) is 0 Å². The standard InChI is InChI=1S/C21H25NO2/c1-3-24-20(23)21(2,15-16-10-12-22-13-11-16)19-9-8-17-6-4-5-7-18(17)14-19/h8-14H,3-7,15H2,1-2H3. The predicted molar refractivity (Wildman–Crippen MR) is 95.0 cm³/mol. The van der Waals surface area contributed by atoms with E-state index in [0.717, 1.165) is 24.0 Å². The Bertz CT molecular complexity index is 711. The van der Waals surface area contributed by atoms with Crippen LogP contribution >= 0.6 is 0 Å². The fraction of sp³-hybridized carbons (Fsp3) is 0.429. The van der Waals surface area contributed by atoms with E-state index in [1.807, 2.05) is 26.0 Å². The molecule has 1 heterocycles. The van der Waals surface area contributed by atoms with Gasteiger partial charge in [-0.1, -0.05) is 18.2 Å². The maximum absolute atomic E-state index is 12.8. The number of hydrogen-bond acceptors (Lipinski definition) is 3. The lowest BCUT2D eigenvalue weighted by Gasteiger charge is -2.29. The second kappa shape index (κ2) is 7.16. The number of benzene rings is 1. The van der Waals surface area contributed by atoms with Gasteiger partial charge in [-0.2, -0.15) is 0 Å². The molecule has 3 rings (SSSR count). The number of nitrogens with zero attached hydrogens (tertiary/aromatic N) is 1. The Morgan fingerprint density at radius 2 is 1.83 bits per heavy atom. The number of rotatable bonds is 5. The highest BCUT2D eigenvalue weighted by atomic mass is 16.5. The highest BCUT2D eigenvalue weighted by molar-refractivity contribution is 5.83. The van der Waals surface area contributed by atoms with Crippen LogP contribution in [0.2, 0.25) is 0 Å². The lowest BCUT2D eigenvalue weighted by Crippen LogP contribution is -2.37. The lowest BCUT2D eigenvalue weighted by molar-refractivity contribution is -0.149. The summed E-state index contributed by atoms with van der Waals surface area (Å²) in [7, 11) is 0. The molecule has 0 spiro atoms. The van der Waals surface area contributed by atoms with Crippen LogP contribution in [0.3, 0.4) is 0 Å². The Balaban J connectivity index is 1.99. The number of pyridine rings is 1. The SMILES string of the molecule is CCOC(=O)C(C)(Cc1ccncc1)c1ccc2c(c1)CCCC2. The van der Waals surface area contributed by atoms with E-state index in [2.05, 4.69) is 23.2 Å². The number of aromatic nitrogens is 1. The van der Waals surface area contributed by atoms with Crippen molar-refractivity contribution in [1.29, 1.82) is 0 Å². The number of aryl methyl sites for hydroxylation is 2. The van der Waals surface area contributed by atoms with Crippen LogP contribution in [0.4, 0.5) is 0 Å². The van der Waals surface area contributed by atoms with Crippen molar-refractivity contribution < 1.29 is 9.53 Å². The monoisotopic (exact) mass is 323 g/mol. The number of carbonyl (C=O) groups excluding carboxylic acids is 1. The minimum Gasteiger partial charge on any atom is -0.465 e. The first-order chi connectivity index (χ1) is 11.6. The van der Waals surface area contributed by atoms with Crippen LogP contribution in [0.25, 0.3) is 0 Å². The van der Waals surface area contributed by atoms with Gasteiger partial charge in [0.15, 0.2) is 0 Å². The molecule has 2 aromatic rings. The maximum Gasteiger partial charge on any atom is 0.316 e. The van der Waals surface area contributed by atoms with Crippen molar-refractivity contribution >= 4 is 5.97 Å². The molecule has 0 saturated heterocycles. The fourth-order valence-electron chi connectivity index (χ4n) is 3.57. The fourth-order valence-corrected chi connectivity index (χ4v) is 3.57. The molecular weight excluding hydrogens is 298 g/mol. The summed E-state index contributed by atoms with van der Waals surface area (Å²) in [6.07, 6.45) is 8.91. The summed E-state index contributed by atoms with van der Waals surface area (Å²) >= 11 is 0. The molecular formula is C21H25NO2. The van der Waals surface area contributed by atoms with Crippen LogP contribution in [0.5, 0.6) is 0 Å². The minimum atomic E-state index is -0.677. The van der Waals surface area contributed by atoms with Crippen LogP contribution in [0.1, 0.15) is 48.9 Å². The summed E-state index contributed by atoms with van der Waals surface area (Å²) in [5.74, 6) is -0.155. The van der Waals surface area contributed by atoms with E-state index in [-0.39, 0.29) is 5.97 Å². The molecule has 1 unspecified atom stereocenters. The average Bonchev–Trinajstić information content (AvgIpc) is 2.62. The van der Waals surface area contributed by atoms with Gasteiger partial charge in [-0.15, -0.1) is 0 Å². The second-order valence-electron chi connectivity index (χ2n) is 6.78. The average molecular weight is 323 g/mol. The molecule has 0 radical (unpaired) electrons. The molecule has 24 heavy (non-hydrogen) atoms. The maximum atomic E-state index is 12.8. The van der Waals surface area contributed by atoms with Gasteiger partial charge in [0.1, 0.15) is 0 Å². The van der Waals surface area contributed by atoms with Crippen LogP contribution in [0, 0.1) is 0 Å². The summed E-state index contributed by atoms with van der Waals surface area (Å²) in [6.45, 7) is 4.25. The molecule has 0 amide bonds. The normalized spacial score (nSPS) is 16.1. The first-order valence-electron chi connectivity index (χ1n) is 8.82. The molecule has 0 saturated carbocycles. The molecule has 1 aromatic heterocycles. The number of ether oxygens (including phenoxy) is 1. The van der Waals surface area contributed by atoms with Crippen molar-refractivity contribution in [2.75, 3.05) is 6.61 Å². The van der Waals surface area contributed by atoms with Crippen LogP contribution in [-0.4, -0.2) is 17.6 Å². The van der Waals surface area contributed by atoms with Crippen molar-refractivity contribution in [2.45, 2.75) is 51.4 Å². The Kier molecular flexibility index (Phi) is 4.98. The van der Waals surface area contributed by atoms with E-state index >= 15 is 0 Å². The summed E-state index contributed by atoms with van der Waals surface area (Å²) in [6, 6.07) is 10.5. The number of fused-ring (bicyclic) bond motifs is 1. The van der Waals surface area contributed by atoms with Gasteiger partial charge in [0.05, 0.1) is 12.0 Å². The Morgan fingerprint density at radius 1 is 1.12 bits per heavy atom. The van der Waals surface area contributed by atoms with Gasteiger partial charge in [0, 0.05) is 12.4 Å². The number of carbonyl (C=O) groups is 1. The molecule has 3 nitrogen and oxygen atoms in total. The van der Waals surface area contributed by atoms with Crippen molar-refractivity contribution in [3.05, 3.63) is 65.0 Å². The molecule has 0 fully saturated rings. The van der Waals surface area contributed by atoms with Crippen LogP contribution < -0.4 is 0 Å². The number of esters is 1. The molecule has 1 atom stereocenters. The smallest absolute Gasteiger partial charge is 0.316 e. The van der Waals surface area contributed by atoms with Gasteiger partial charge in [0.2, 0.25) is 0 Å². The van der Waals surface area contributed by atoms with Crippen molar-refractivity contribution in [1.82, 2.24) is 4.98 Å². The van der Waals surface area contributed by atoms with E-state index in [1.165, 1.54) is 24.0 Å². The zero-order valence-corrected chi connectivity index (χ0v) is 14.5. The van der Waals surface area contributed by atoms with Crippen molar-refractivity contribution in [2.24, 2.45) is 0 Å². The van der Waals surface area contributed by atoms with Crippen LogP contribution in [-0.2, 0) is 34.2 Å². The van der Waals surface area contributed by atoms with Crippen LogP contribution in [0.15, 0.2) is 42.7 Å². The Hall–Kier alpha value is -2.16. The molecule has 1 aliphatic rings. The molecule has 0 bridgehead atoms. The molecule has 3 heteroatoms. The van der Waals surface area contributed by atoms with Gasteiger partial charge in [-0.05, 0) is 80.3 Å². The summed E-state index contributed by atoms with van der Waals surface area (Å²) < 4.78 is 5.42. The van der Waals surface area contributed by atoms with Gasteiger partial charge >= 0.3 is 5.97 Å². The second-order valence-corrected chi connectivity index (χ2v) is 6.78. The highest BCUT2D eigenvalue weighted by Gasteiger charge is 2.37. The summed E-state index contributed by atoms with van der Waals surface area (Å²) in [5.41, 5.74) is 4.30. The van der Waals surface area contributed by atoms with E-state index in [1.54, 1.807) is 12.4 Å².